The number of ether oxygens (including phenoxy) is 2. The number of carbonyl (C=O) groups excluding carboxylic acids is 1. The highest BCUT2D eigenvalue weighted by atomic mass is 16.5. The van der Waals surface area contributed by atoms with Gasteiger partial charge in [0.15, 0.2) is 0 Å². The fourth-order valence-corrected chi connectivity index (χ4v) is 3.19. The Balaban J connectivity index is 1.95. The molecular formula is C21H23NO4. The second-order valence-corrected chi connectivity index (χ2v) is 6.52. The number of aliphatic hydroxyl groups excluding tert-OH is 1. The highest BCUT2D eigenvalue weighted by Crippen LogP contribution is 2.29. The molecular weight excluding hydrogens is 330 g/mol. The highest BCUT2D eigenvalue weighted by Gasteiger charge is 2.25. The molecule has 5 heteroatoms. The van der Waals surface area contributed by atoms with Gasteiger partial charge >= 0.3 is 5.97 Å². The molecule has 1 aliphatic heterocycles. The summed E-state index contributed by atoms with van der Waals surface area (Å²) in [7, 11) is 1.64. The van der Waals surface area contributed by atoms with Crippen LogP contribution in [0.15, 0.2) is 36.4 Å². The summed E-state index contributed by atoms with van der Waals surface area (Å²) in [4.78, 5) is 16.1. The molecule has 0 unspecified atom stereocenters. The number of carbonyl (C=O) groups is 1. The lowest BCUT2D eigenvalue weighted by atomic mass is 9.96. The molecule has 26 heavy (non-hydrogen) atoms. The second-order valence-electron chi connectivity index (χ2n) is 6.52. The third-order valence-electron chi connectivity index (χ3n) is 4.45. The van der Waals surface area contributed by atoms with E-state index in [1.807, 2.05) is 56.3 Å². The van der Waals surface area contributed by atoms with E-state index < -0.39 is 12.2 Å². The topological polar surface area (TPSA) is 68.7 Å². The molecule has 1 fully saturated rings. The van der Waals surface area contributed by atoms with E-state index in [-0.39, 0.29) is 12.4 Å². The molecule has 3 rings (SSSR count). The molecule has 2 heterocycles. The molecule has 0 aliphatic carbocycles. The van der Waals surface area contributed by atoms with Crippen LogP contribution >= 0.6 is 0 Å². The Labute approximate surface area is 153 Å². The average Bonchev–Trinajstić information content (AvgIpc) is 2.59. The van der Waals surface area contributed by atoms with Gasteiger partial charge in [0.2, 0.25) is 0 Å². The van der Waals surface area contributed by atoms with Crippen LogP contribution in [-0.2, 0) is 9.53 Å². The van der Waals surface area contributed by atoms with E-state index in [0.29, 0.717) is 6.42 Å². The van der Waals surface area contributed by atoms with Crippen LogP contribution in [-0.4, -0.2) is 35.4 Å². The third-order valence-corrected chi connectivity index (χ3v) is 4.45. The van der Waals surface area contributed by atoms with Gasteiger partial charge in [-0.25, -0.2) is 0 Å². The summed E-state index contributed by atoms with van der Waals surface area (Å²) in [6.45, 7) is 3.92. The van der Waals surface area contributed by atoms with Gasteiger partial charge in [-0.15, -0.1) is 0 Å². The first-order valence-electron chi connectivity index (χ1n) is 8.64. The first-order chi connectivity index (χ1) is 12.5. The summed E-state index contributed by atoms with van der Waals surface area (Å²) in [5.41, 5.74) is 4.91. The minimum absolute atomic E-state index is 0.0621. The Morgan fingerprint density at radius 1 is 1.27 bits per heavy atom. The van der Waals surface area contributed by atoms with Crippen LogP contribution in [0.4, 0.5) is 0 Å². The number of hydrogen-bond acceptors (Lipinski definition) is 5. The van der Waals surface area contributed by atoms with Gasteiger partial charge in [0.25, 0.3) is 0 Å². The molecule has 0 spiro atoms. The highest BCUT2D eigenvalue weighted by molar-refractivity contribution is 5.77. The van der Waals surface area contributed by atoms with Gasteiger partial charge in [-0.2, -0.15) is 0 Å². The predicted octanol–water partition coefficient (Wildman–Crippen LogP) is 3.45. The van der Waals surface area contributed by atoms with Crippen molar-refractivity contribution in [2.24, 2.45) is 0 Å². The number of aliphatic hydroxyl groups is 1. The lowest BCUT2D eigenvalue weighted by Gasteiger charge is -2.23. The van der Waals surface area contributed by atoms with E-state index >= 15 is 0 Å². The van der Waals surface area contributed by atoms with E-state index in [1.165, 1.54) is 0 Å². The number of aryl methyl sites for hydroxylation is 2. The lowest BCUT2D eigenvalue weighted by Crippen LogP contribution is -2.31. The number of cyclic esters (lactones) is 1. The van der Waals surface area contributed by atoms with Crippen molar-refractivity contribution in [1.82, 2.24) is 4.98 Å². The van der Waals surface area contributed by atoms with Crippen LogP contribution in [0.2, 0.25) is 0 Å². The van der Waals surface area contributed by atoms with Gasteiger partial charge in [0.05, 0.1) is 19.6 Å². The number of hydrogen-bond donors (Lipinski definition) is 1. The Kier molecular flexibility index (Phi) is 5.38. The van der Waals surface area contributed by atoms with E-state index in [4.69, 9.17) is 9.47 Å². The molecule has 0 amide bonds. The first kappa shape index (κ1) is 18.1. The molecule has 1 aliphatic rings. The number of nitrogens with zero attached hydrogens (tertiary/aromatic N) is 1. The Morgan fingerprint density at radius 3 is 2.65 bits per heavy atom. The maximum Gasteiger partial charge on any atom is 0.309 e. The zero-order valence-corrected chi connectivity index (χ0v) is 15.2. The average molecular weight is 353 g/mol. The Morgan fingerprint density at radius 2 is 2.00 bits per heavy atom. The standard InChI is InChI=1S/C21H23NO4/c1-13-10-20(15-4-6-17(25-3)7-5-15)19(14(2)22-13)9-8-18-11-16(23)12-21(24)26-18/h4-10,16,18,23H,11-12H2,1-3H3/t16-,18-/m1/s1. The summed E-state index contributed by atoms with van der Waals surface area (Å²) in [6.07, 6.45) is 3.16. The lowest BCUT2D eigenvalue weighted by molar-refractivity contribution is -0.156. The largest absolute Gasteiger partial charge is 0.497 e. The molecule has 2 aromatic rings. The molecule has 5 nitrogen and oxygen atoms in total. The van der Waals surface area contributed by atoms with Gasteiger partial charge in [-0.1, -0.05) is 18.2 Å². The van der Waals surface area contributed by atoms with E-state index in [1.54, 1.807) is 7.11 Å². The number of pyridine rings is 1. The van der Waals surface area contributed by atoms with Crippen molar-refractivity contribution in [3.63, 3.8) is 0 Å². The fraction of sp³-hybridized carbons (Fsp3) is 0.333. The summed E-state index contributed by atoms with van der Waals surface area (Å²) in [6, 6.07) is 9.90. The van der Waals surface area contributed by atoms with Crippen molar-refractivity contribution >= 4 is 12.0 Å². The molecule has 2 atom stereocenters. The van der Waals surface area contributed by atoms with Crippen LogP contribution in [0.25, 0.3) is 17.2 Å². The molecule has 1 aromatic heterocycles. The number of esters is 1. The maximum atomic E-state index is 11.5. The minimum Gasteiger partial charge on any atom is -0.497 e. The van der Waals surface area contributed by atoms with Gasteiger partial charge in [0.1, 0.15) is 11.9 Å². The summed E-state index contributed by atoms with van der Waals surface area (Å²) in [5, 5.41) is 9.76. The SMILES string of the molecule is COc1ccc(-c2cc(C)nc(C)c2C=C[C@@H]2C[C@@H](O)CC(=O)O2)cc1. The van der Waals surface area contributed by atoms with Crippen LogP contribution in [0.5, 0.6) is 5.75 Å². The normalized spacial score (nSPS) is 20.2. The van der Waals surface area contributed by atoms with Crippen molar-refractivity contribution in [3.8, 4) is 16.9 Å². The van der Waals surface area contributed by atoms with Crippen LogP contribution in [0.3, 0.4) is 0 Å². The third kappa shape index (κ3) is 4.11. The van der Waals surface area contributed by atoms with E-state index in [2.05, 4.69) is 4.98 Å². The van der Waals surface area contributed by atoms with E-state index in [0.717, 1.165) is 33.8 Å². The van der Waals surface area contributed by atoms with Gasteiger partial charge in [0, 0.05) is 23.4 Å². The predicted molar refractivity (Wildman–Crippen MR) is 99.9 cm³/mol. The Hall–Kier alpha value is -2.66. The van der Waals surface area contributed by atoms with Crippen molar-refractivity contribution < 1.29 is 19.4 Å². The summed E-state index contributed by atoms with van der Waals surface area (Å²) in [5.74, 6) is 0.434. The van der Waals surface area contributed by atoms with Crippen LogP contribution < -0.4 is 4.74 Å². The zero-order valence-electron chi connectivity index (χ0n) is 15.2. The van der Waals surface area contributed by atoms with Gasteiger partial charge in [-0.3, -0.25) is 9.78 Å². The summed E-state index contributed by atoms with van der Waals surface area (Å²) < 4.78 is 10.5. The van der Waals surface area contributed by atoms with Crippen molar-refractivity contribution in [2.45, 2.75) is 38.9 Å². The minimum atomic E-state index is -0.649. The number of rotatable bonds is 4. The van der Waals surface area contributed by atoms with Crippen LogP contribution in [0, 0.1) is 13.8 Å². The first-order valence-corrected chi connectivity index (χ1v) is 8.64. The molecule has 0 radical (unpaired) electrons. The van der Waals surface area contributed by atoms with Crippen LogP contribution in [0.1, 0.15) is 29.8 Å². The van der Waals surface area contributed by atoms with Crippen molar-refractivity contribution in [3.05, 3.63) is 53.4 Å². The van der Waals surface area contributed by atoms with Crippen molar-refractivity contribution in [2.75, 3.05) is 7.11 Å². The maximum absolute atomic E-state index is 11.5. The monoisotopic (exact) mass is 353 g/mol. The van der Waals surface area contributed by atoms with Crippen molar-refractivity contribution in [1.29, 1.82) is 0 Å². The smallest absolute Gasteiger partial charge is 0.309 e. The molecule has 1 saturated heterocycles. The van der Waals surface area contributed by atoms with Gasteiger partial charge < -0.3 is 14.6 Å². The van der Waals surface area contributed by atoms with Gasteiger partial charge in [-0.05, 0) is 49.2 Å². The number of methoxy groups -OCH3 is 1. The molecule has 0 bridgehead atoms. The molecule has 136 valence electrons. The molecule has 1 N–H and O–H groups in total. The van der Waals surface area contributed by atoms with E-state index in [9.17, 15) is 9.90 Å². The number of aromatic nitrogens is 1. The Bertz CT molecular complexity index is 827. The second kappa shape index (κ2) is 7.70. The number of benzene rings is 1. The fourth-order valence-electron chi connectivity index (χ4n) is 3.19. The summed E-state index contributed by atoms with van der Waals surface area (Å²) >= 11 is 0. The molecule has 0 saturated carbocycles. The molecule has 1 aromatic carbocycles. The quantitative estimate of drug-likeness (QED) is 0.853. The zero-order chi connectivity index (χ0) is 18.7.